The van der Waals surface area contributed by atoms with Gasteiger partial charge < -0.3 is 10.2 Å². The molecular formula is C13H30N2. The van der Waals surface area contributed by atoms with E-state index in [1.54, 1.807) is 0 Å². The van der Waals surface area contributed by atoms with Gasteiger partial charge in [0.1, 0.15) is 0 Å². The Kier molecular flexibility index (Phi) is 9.12. The van der Waals surface area contributed by atoms with Crippen LogP contribution in [0, 0.1) is 5.92 Å². The molecule has 0 bridgehead atoms. The zero-order valence-corrected chi connectivity index (χ0v) is 11.3. The molecule has 0 aromatic rings. The van der Waals surface area contributed by atoms with E-state index in [1.807, 2.05) is 0 Å². The Hall–Kier alpha value is -0.0800. The van der Waals surface area contributed by atoms with Crippen LogP contribution in [-0.4, -0.2) is 37.1 Å². The van der Waals surface area contributed by atoms with Gasteiger partial charge in [-0.2, -0.15) is 0 Å². The molecule has 0 aromatic heterocycles. The number of hydrogen-bond acceptors (Lipinski definition) is 2. The van der Waals surface area contributed by atoms with E-state index < -0.39 is 0 Å². The average Bonchev–Trinajstić information content (AvgIpc) is 2.21. The molecule has 1 atom stereocenters. The Labute approximate surface area is 96.4 Å². The molecule has 0 rings (SSSR count). The van der Waals surface area contributed by atoms with Gasteiger partial charge in [-0.1, -0.05) is 27.7 Å². The summed E-state index contributed by atoms with van der Waals surface area (Å²) in [4.78, 5) is 2.50. The van der Waals surface area contributed by atoms with Crippen LogP contribution in [0.1, 0.15) is 47.5 Å². The Morgan fingerprint density at radius 3 is 2.13 bits per heavy atom. The van der Waals surface area contributed by atoms with Crippen molar-refractivity contribution in [3.8, 4) is 0 Å². The van der Waals surface area contributed by atoms with Crippen LogP contribution in [0.4, 0.5) is 0 Å². The molecule has 0 radical (unpaired) electrons. The first-order chi connectivity index (χ1) is 7.10. The van der Waals surface area contributed by atoms with Crippen LogP contribution in [0.15, 0.2) is 0 Å². The van der Waals surface area contributed by atoms with Gasteiger partial charge in [0.2, 0.25) is 0 Å². The Morgan fingerprint density at radius 2 is 1.67 bits per heavy atom. The van der Waals surface area contributed by atoms with E-state index in [9.17, 15) is 0 Å². The molecule has 0 aliphatic heterocycles. The summed E-state index contributed by atoms with van der Waals surface area (Å²) in [6, 6.07) is 0.669. The van der Waals surface area contributed by atoms with Crippen LogP contribution in [0.3, 0.4) is 0 Å². The van der Waals surface area contributed by atoms with Crippen molar-refractivity contribution in [2.24, 2.45) is 5.92 Å². The third-order valence-corrected chi connectivity index (χ3v) is 2.88. The van der Waals surface area contributed by atoms with Crippen molar-refractivity contribution < 1.29 is 0 Å². The number of hydrogen-bond donors (Lipinski definition) is 1. The first-order valence-corrected chi connectivity index (χ1v) is 6.55. The molecule has 0 saturated carbocycles. The fourth-order valence-corrected chi connectivity index (χ4v) is 1.70. The molecule has 0 heterocycles. The van der Waals surface area contributed by atoms with Crippen molar-refractivity contribution in [2.45, 2.75) is 53.5 Å². The summed E-state index contributed by atoms with van der Waals surface area (Å²) in [5, 5.41) is 3.57. The second-order valence-corrected chi connectivity index (χ2v) is 4.87. The molecule has 2 nitrogen and oxygen atoms in total. The predicted molar refractivity (Wildman–Crippen MR) is 69.3 cm³/mol. The van der Waals surface area contributed by atoms with Crippen LogP contribution in [0.25, 0.3) is 0 Å². The average molecular weight is 214 g/mol. The highest BCUT2D eigenvalue weighted by molar-refractivity contribution is 4.63. The van der Waals surface area contributed by atoms with Crippen LogP contribution in [0.5, 0.6) is 0 Å². The van der Waals surface area contributed by atoms with Crippen molar-refractivity contribution >= 4 is 0 Å². The first-order valence-electron chi connectivity index (χ1n) is 6.55. The number of rotatable bonds is 9. The Morgan fingerprint density at radius 1 is 1.07 bits per heavy atom. The molecule has 92 valence electrons. The van der Waals surface area contributed by atoms with Crippen molar-refractivity contribution in [3.63, 3.8) is 0 Å². The highest BCUT2D eigenvalue weighted by Gasteiger charge is 2.04. The molecule has 0 spiro atoms. The molecule has 0 aliphatic rings. The molecule has 1 unspecified atom stereocenters. The Balaban J connectivity index is 3.41. The topological polar surface area (TPSA) is 15.3 Å². The van der Waals surface area contributed by atoms with Crippen molar-refractivity contribution in [1.29, 1.82) is 0 Å². The summed E-state index contributed by atoms with van der Waals surface area (Å²) in [5.41, 5.74) is 0. The van der Waals surface area contributed by atoms with E-state index in [0.29, 0.717) is 6.04 Å². The van der Waals surface area contributed by atoms with E-state index >= 15 is 0 Å². The fourth-order valence-electron chi connectivity index (χ4n) is 1.70. The molecule has 0 amide bonds. The Bertz CT molecular complexity index is 130. The number of nitrogens with zero attached hydrogens (tertiary/aromatic N) is 1. The minimum Gasteiger partial charge on any atom is -0.314 e. The van der Waals surface area contributed by atoms with E-state index in [0.717, 1.165) is 12.5 Å². The van der Waals surface area contributed by atoms with E-state index in [2.05, 4.69) is 44.8 Å². The zero-order chi connectivity index (χ0) is 11.7. The summed E-state index contributed by atoms with van der Waals surface area (Å²) in [7, 11) is 0. The van der Waals surface area contributed by atoms with Gasteiger partial charge in [0.25, 0.3) is 0 Å². The quantitative estimate of drug-likeness (QED) is 0.635. The van der Waals surface area contributed by atoms with Gasteiger partial charge in [0, 0.05) is 6.04 Å². The highest BCUT2D eigenvalue weighted by Crippen LogP contribution is 2.00. The van der Waals surface area contributed by atoms with Gasteiger partial charge >= 0.3 is 0 Å². The third kappa shape index (κ3) is 8.88. The highest BCUT2D eigenvalue weighted by atomic mass is 15.1. The van der Waals surface area contributed by atoms with Crippen molar-refractivity contribution in [2.75, 3.05) is 26.2 Å². The lowest BCUT2D eigenvalue weighted by Crippen LogP contribution is -2.31. The molecule has 0 saturated heterocycles. The molecular weight excluding hydrogens is 184 g/mol. The van der Waals surface area contributed by atoms with Crippen molar-refractivity contribution in [3.05, 3.63) is 0 Å². The second kappa shape index (κ2) is 9.17. The van der Waals surface area contributed by atoms with Gasteiger partial charge in [0.05, 0.1) is 0 Å². The minimum atomic E-state index is 0.669. The van der Waals surface area contributed by atoms with Gasteiger partial charge in [-0.15, -0.1) is 0 Å². The van der Waals surface area contributed by atoms with Crippen LogP contribution < -0.4 is 5.32 Å². The third-order valence-electron chi connectivity index (χ3n) is 2.88. The number of nitrogens with one attached hydrogen (secondary N) is 1. The minimum absolute atomic E-state index is 0.669. The van der Waals surface area contributed by atoms with Gasteiger partial charge in [0.15, 0.2) is 0 Å². The standard InChI is InChI=1S/C13H30N2/c1-6-15(7-2)10-8-9-13(5)14-11-12(3)4/h12-14H,6-11H2,1-5H3. The second-order valence-electron chi connectivity index (χ2n) is 4.87. The van der Waals surface area contributed by atoms with Crippen molar-refractivity contribution in [1.82, 2.24) is 10.2 Å². The molecule has 0 fully saturated rings. The first kappa shape index (κ1) is 14.9. The van der Waals surface area contributed by atoms with Crippen LogP contribution in [-0.2, 0) is 0 Å². The molecule has 15 heavy (non-hydrogen) atoms. The lowest BCUT2D eigenvalue weighted by Gasteiger charge is -2.20. The van der Waals surface area contributed by atoms with E-state index in [1.165, 1.54) is 32.5 Å². The maximum atomic E-state index is 3.57. The van der Waals surface area contributed by atoms with Crippen LogP contribution >= 0.6 is 0 Å². The lowest BCUT2D eigenvalue weighted by atomic mass is 10.1. The summed E-state index contributed by atoms with van der Waals surface area (Å²) in [6.07, 6.45) is 2.61. The SMILES string of the molecule is CCN(CC)CCCC(C)NCC(C)C. The molecule has 0 aliphatic carbocycles. The molecule has 0 aromatic carbocycles. The summed E-state index contributed by atoms with van der Waals surface area (Å²) in [6.45, 7) is 16.1. The maximum absolute atomic E-state index is 3.57. The lowest BCUT2D eigenvalue weighted by molar-refractivity contribution is 0.289. The van der Waals surface area contributed by atoms with Crippen LogP contribution in [0.2, 0.25) is 0 Å². The zero-order valence-electron chi connectivity index (χ0n) is 11.3. The van der Waals surface area contributed by atoms with E-state index in [-0.39, 0.29) is 0 Å². The molecule has 1 N–H and O–H groups in total. The van der Waals surface area contributed by atoms with Gasteiger partial charge in [-0.3, -0.25) is 0 Å². The van der Waals surface area contributed by atoms with Gasteiger partial charge in [-0.05, 0) is 51.9 Å². The smallest absolute Gasteiger partial charge is 0.00393 e. The largest absolute Gasteiger partial charge is 0.314 e. The normalized spacial score (nSPS) is 13.8. The predicted octanol–water partition coefficient (Wildman–Crippen LogP) is 2.74. The monoisotopic (exact) mass is 214 g/mol. The van der Waals surface area contributed by atoms with Gasteiger partial charge in [-0.25, -0.2) is 0 Å². The van der Waals surface area contributed by atoms with E-state index in [4.69, 9.17) is 0 Å². The molecule has 2 heteroatoms. The summed E-state index contributed by atoms with van der Waals surface area (Å²) < 4.78 is 0. The fraction of sp³-hybridized carbons (Fsp3) is 1.00. The summed E-state index contributed by atoms with van der Waals surface area (Å²) in [5.74, 6) is 0.759. The summed E-state index contributed by atoms with van der Waals surface area (Å²) >= 11 is 0. The maximum Gasteiger partial charge on any atom is 0.00393 e.